The maximum absolute atomic E-state index is 13.7. The Balaban J connectivity index is 1.70. The van der Waals surface area contributed by atoms with Crippen molar-refractivity contribution >= 4 is 11.9 Å². The smallest absolute Gasteiger partial charge is 0.270 e. The molecule has 26 heavy (non-hydrogen) atoms. The number of carbonyl (C=O) groups is 1. The molecule has 0 spiro atoms. The SMILES string of the molecule is CC[C@@H](Oc1ccccc1F)C(=O)Nc1noc(-c2cccc(C)c2)n1. The minimum Gasteiger partial charge on any atom is -0.478 e. The molecule has 0 saturated heterocycles. The molecule has 1 atom stereocenters. The minimum absolute atomic E-state index is 0.0167. The zero-order chi connectivity index (χ0) is 18.5. The number of hydrogen-bond acceptors (Lipinski definition) is 5. The molecule has 6 nitrogen and oxygen atoms in total. The Labute approximate surface area is 150 Å². The van der Waals surface area contributed by atoms with Gasteiger partial charge in [-0.1, -0.05) is 36.8 Å². The molecule has 2 aromatic carbocycles. The first-order valence-electron chi connectivity index (χ1n) is 8.19. The van der Waals surface area contributed by atoms with Crippen molar-refractivity contribution < 1.29 is 18.4 Å². The van der Waals surface area contributed by atoms with Crippen molar-refractivity contribution in [3.05, 3.63) is 59.9 Å². The lowest BCUT2D eigenvalue weighted by molar-refractivity contribution is -0.123. The minimum atomic E-state index is -0.882. The van der Waals surface area contributed by atoms with Crippen LogP contribution in [0.1, 0.15) is 18.9 Å². The fourth-order valence-corrected chi connectivity index (χ4v) is 2.38. The van der Waals surface area contributed by atoms with Crippen LogP contribution in [0.3, 0.4) is 0 Å². The first-order chi connectivity index (χ1) is 12.6. The largest absolute Gasteiger partial charge is 0.478 e. The molecular weight excluding hydrogens is 337 g/mol. The van der Waals surface area contributed by atoms with Crippen molar-refractivity contribution in [2.24, 2.45) is 0 Å². The number of benzene rings is 2. The van der Waals surface area contributed by atoms with Gasteiger partial charge in [0.2, 0.25) is 0 Å². The van der Waals surface area contributed by atoms with Gasteiger partial charge in [-0.15, -0.1) is 0 Å². The molecule has 0 aliphatic heterocycles. The summed E-state index contributed by atoms with van der Waals surface area (Å²) < 4.78 is 24.3. The maximum atomic E-state index is 13.7. The van der Waals surface area contributed by atoms with Crippen LogP contribution < -0.4 is 10.1 Å². The predicted octanol–water partition coefficient (Wildman–Crippen LogP) is 3.98. The van der Waals surface area contributed by atoms with Gasteiger partial charge in [0.1, 0.15) is 0 Å². The average molecular weight is 355 g/mol. The number of anilines is 1. The third kappa shape index (κ3) is 4.05. The summed E-state index contributed by atoms with van der Waals surface area (Å²) in [4.78, 5) is 16.5. The number of nitrogens with zero attached hydrogens (tertiary/aromatic N) is 2. The number of hydrogen-bond donors (Lipinski definition) is 1. The van der Waals surface area contributed by atoms with E-state index < -0.39 is 17.8 Å². The van der Waals surface area contributed by atoms with E-state index in [4.69, 9.17) is 9.26 Å². The summed E-state index contributed by atoms with van der Waals surface area (Å²) in [6.07, 6.45) is -0.532. The van der Waals surface area contributed by atoms with Crippen molar-refractivity contribution in [3.8, 4) is 17.2 Å². The second-order valence-electron chi connectivity index (χ2n) is 5.73. The highest BCUT2D eigenvalue weighted by atomic mass is 19.1. The van der Waals surface area contributed by atoms with E-state index in [-0.39, 0.29) is 11.7 Å². The quantitative estimate of drug-likeness (QED) is 0.724. The third-order valence-electron chi connectivity index (χ3n) is 3.70. The van der Waals surface area contributed by atoms with Crippen LogP contribution in [0, 0.1) is 12.7 Å². The highest BCUT2D eigenvalue weighted by Crippen LogP contribution is 2.21. The van der Waals surface area contributed by atoms with Gasteiger partial charge in [0.15, 0.2) is 17.7 Å². The van der Waals surface area contributed by atoms with E-state index in [1.165, 1.54) is 12.1 Å². The number of halogens is 1. The lowest BCUT2D eigenvalue weighted by Crippen LogP contribution is -2.33. The molecule has 0 bridgehead atoms. The molecule has 7 heteroatoms. The molecule has 134 valence electrons. The Morgan fingerprint density at radius 2 is 2.08 bits per heavy atom. The van der Waals surface area contributed by atoms with Gasteiger partial charge in [-0.3, -0.25) is 10.1 Å². The second-order valence-corrected chi connectivity index (χ2v) is 5.73. The summed E-state index contributed by atoms with van der Waals surface area (Å²) in [7, 11) is 0. The van der Waals surface area contributed by atoms with Crippen molar-refractivity contribution in [2.75, 3.05) is 5.32 Å². The highest BCUT2D eigenvalue weighted by molar-refractivity contribution is 5.92. The Hall–Kier alpha value is -3.22. The van der Waals surface area contributed by atoms with E-state index in [9.17, 15) is 9.18 Å². The zero-order valence-corrected chi connectivity index (χ0v) is 14.4. The van der Waals surface area contributed by atoms with Gasteiger partial charge in [0.25, 0.3) is 17.7 Å². The number of ether oxygens (including phenoxy) is 1. The van der Waals surface area contributed by atoms with E-state index in [1.54, 1.807) is 19.1 Å². The third-order valence-corrected chi connectivity index (χ3v) is 3.70. The number of rotatable bonds is 6. The van der Waals surface area contributed by atoms with Crippen LogP contribution in [0.2, 0.25) is 0 Å². The van der Waals surface area contributed by atoms with Crippen molar-refractivity contribution in [1.82, 2.24) is 10.1 Å². The van der Waals surface area contributed by atoms with Crippen LogP contribution >= 0.6 is 0 Å². The van der Waals surface area contributed by atoms with Crippen molar-refractivity contribution in [3.63, 3.8) is 0 Å². The predicted molar refractivity (Wildman–Crippen MR) is 94.2 cm³/mol. The molecule has 0 unspecified atom stereocenters. The van der Waals surface area contributed by atoms with Crippen LogP contribution in [-0.4, -0.2) is 22.2 Å². The summed E-state index contributed by atoms with van der Waals surface area (Å²) in [6, 6.07) is 13.5. The molecule has 0 aliphatic carbocycles. The fourth-order valence-electron chi connectivity index (χ4n) is 2.38. The number of aromatic nitrogens is 2. The van der Waals surface area contributed by atoms with E-state index in [1.807, 2.05) is 31.2 Å². The van der Waals surface area contributed by atoms with Gasteiger partial charge in [-0.05, 0) is 42.8 Å². The molecule has 0 aliphatic rings. The molecule has 3 aromatic rings. The van der Waals surface area contributed by atoms with Crippen LogP contribution in [0.5, 0.6) is 5.75 Å². The van der Waals surface area contributed by atoms with Crippen molar-refractivity contribution in [2.45, 2.75) is 26.4 Å². The topological polar surface area (TPSA) is 77.2 Å². The van der Waals surface area contributed by atoms with Gasteiger partial charge in [-0.25, -0.2) is 4.39 Å². The Morgan fingerprint density at radius 3 is 2.81 bits per heavy atom. The fraction of sp³-hybridized carbons (Fsp3) is 0.211. The van der Waals surface area contributed by atoms with Gasteiger partial charge >= 0.3 is 0 Å². The lowest BCUT2D eigenvalue weighted by Gasteiger charge is -2.16. The second kappa shape index (κ2) is 7.77. The van der Waals surface area contributed by atoms with Crippen LogP contribution in [0.15, 0.2) is 53.1 Å². The molecule has 1 N–H and O–H groups in total. The number of aryl methyl sites for hydroxylation is 1. The molecule has 1 amide bonds. The number of para-hydroxylation sites is 1. The molecule has 0 fully saturated rings. The molecule has 3 rings (SSSR count). The van der Waals surface area contributed by atoms with E-state index in [2.05, 4.69) is 15.5 Å². The number of amides is 1. The first kappa shape index (κ1) is 17.6. The molecular formula is C19H18FN3O3. The summed E-state index contributed by atoms with van der Waals surface area (Å²) in [5, 5.41) is 6.29. The molecule has 0 saturated carbocycles. The molecule has 0 radical (unpaired) electrons. The number of nitrogens with one attached hydrogen (secondary N) is 1. The zero-order valence-electron chi connectivity index (χ0n) is 14.4. The standard InChI is InChI=1S/C19H18FN3O3/c1-3-15(25-16-10-5-4-9-14(16)20)17(24)21-19-22-18(26-23-19)13-8-6-7-12(2)11-13/h4-11,15H,3H2,1-2H3,(H,21,23,24)/t15-/m1/s1. The van der Waals surface area contributed by atoms with E-state index in [0.29, 0.717) is 12.3 Å². The van der Waals surface area contributed by atoms with Gasteiger partial charge in [0, 0.05) is 5.56 Å². The maximum Gasteiger partial charge on any atom is 0.270 e. The van der Waals surface area contributed by atoms with Crippen LogP contribution in [0.25, 0.3) is 11.5 Å². The van der Waals surface area contributed by atoms with Crippen LogP contribution in [-0.2, 0) is 4.79 Å². The van der Waals surface area contributed by atoms with Gasteiger partial charge < -0.3 is 9.26 Å². The monoisotopic (exact) mass is 355 g/mol. The van der Waals surface area contributed by atoms with E-state index in [0.717, 1.165) is 11.1 Å². The lowest BCUT2D eigenvalue weighted by atomic mass is 10.1. The Bertz CT molecular complexity index is 910. The summed E-state index contributed by atoms with van der Waals surface area (Å²) >= 11 is 0. The summed E-state index contributed by atoms with van der Waals surface area (Å²) in [6.45, 7) is 3.72. The van der Waals surface area contributed by atoms with Crippen molar-refractivity contribution in [1.29, 1.82) is 0 Å². The summed E-state index contributed by atoms with van der Waals surface area (Å²) in [5.41, 5.74) is 1.81. The Kier molecular flexibility index (Phi) is 5.26. The number of carbonyl (C=O) groups excluding carboxylic acids is 1. The average Bonchev–Trinajstić information content (AvgIpc) is 3.09. The van der Waals surface area contributed by atoms with E-state index >= 15 is 0 Å². The summed E-state index contributed by atoms with van der Waals surface area (Å²) in [5.74, 6) is -0.662. The van der Waals surface area contributed by atoms with Crippen LogP contribution in [0.4, 0.5) is 10.3 Å². The first-order valence-corrected chi connectivity index (χ1v) is 8.19. The van der Waals surface area contributed by atoms with Gasteiger partial charge in [0.05, 0.1) is 0 Å². The molecule has 1 heterocycles. The Morgan fingerprint density at radius 1 is 1.27 bits per heavy atom. The normalized spacial score (nSPS) is 11.8. The van der Waals surface area contributed by atoms with Gasteiger partial charge in [-0.2, -0.15) is 4.98 Å². The highest BCUT2D eigenvalue weighted by Gasteiger charge is 2.22. The molecule has 1 aromatic heterocycles.